The van der Waals surface area contributed by atoms with Crippen LogP contribution in [0, 0.1) is 5.92 Å². The third-order valence-corrected chi connectivity index (χ3v) is 4.21. The van der Waals surface area contributed by atoms with Gasteiger partial charge >= 0.3 is 5.97 Å². The highest BCUT2D eigenvalue weighted by Crippen LogP contribution is 2.05. The van der Waals surface area contributed by atoms with Gasteiger partial charge in [-0.3, -0.25) is 14.4 Å². The molecule has 0 aliphatic rings. The van der Waals surface area contributed by atoms with Gasteiger partial charge in [-0.05, 0) is 31.7 Å². The van der Waals surface area contributed by atoms with Crippen LogP contribution in [0.1, 0.15) is 33.1 Å². The molecule has 10 N–H and O–H groups in total. The first kappa shape index (κ1) is 26.7. The Morgan fingerprint density at radius 3 is 1.76 bits per heavy atom. The van der Waals surface area contributed by atoms with E-state index in [0.717, 1.165) is 0 Å². The first-order valence-corrected chi connectivity index (χ1v) is 9.40. The molecule has 168 valence electrons. The maximum atomic E-state index is 12.6. The molecule has 0 aliphatic carbocycles. The van der Waals surface area contributed by atoms with Gasteiger partial charge in [0, 0.05) is 0 Å². The number of unbranched alkanes of at least 4 members (excludes halogenated alkanes) is 1. The molecule has 0 saturated heterocycles. The normalized spacial score (nSPS) is 15.1. The van der Waals surface area contributed by atoms with Crippen LogP contribution in [0.25, 0.3) is 0 Å². The number of nitrogens with one attached hydrogen (secondary N) is 3. The van der Waals surface area contributed by atoms with E-state index in [1.54, 1.807) is 13.8 Å². The number of carboxylic acids is 1. The van der Waals surface area contributed by atoms with Crippen LogP contribution < -0.4 is 27.4 Å². The molecule has 0 aromatic heterocycles. The molecule has 4 unspecified atom stereocenters. The van der Waals surface area contributed by atoms with Gasteiger partial charge in [0.05, 0.1) is 19.3 Å². The third kappa shape index (κ3) is 9.65. The summed E-state index contributed by atoms with van der Waals surface area (Å²) in [5.41, 5.74) is 11.2. The fourth-order valence-corrected chi connectivity index (χ4v) is 2.26. The lowest BCUT2D eigenvalue weighted by molar-refractivity contribution is -0.143. The molecule has 0 aromatic rings. The van der Waals surface area contributed by atoms with Gasteiger partial charge in [0.25, 0.3) is 0 Å². The third-order valence-electron chi connectivity index (χ3n) is 4.21. The average molecular weight is 419 g/mol. The molecule has 3 amide bonds. The van der Waals surface area contributed by atoms with E-state index in [1.165, 1.54) is 0 Å². The monoisotopic (exact) mass is 419 g/mol. The Morgan fingerprint density at radius 2 is 1.31 bits per heavy atom. The molecule has 0 radical (unpaired) electrons. The van der Waals surface area contributed by atoms with Crippen molar-refractivity contribution in [1.29, 1.82) is 0 Å². The van der Waals surface area contributed by atoms with Crippen LogP contribution in [0.2, 0.25) is 0 Å². The number of carbonyl (C=O) groups excluding carboxylic acids is 3. The molecule has 0 heterocycles. The van der Waals surface area contributed by atoms with E-state index >= 15 is 0 Å². The Labute approximate surface area is 169 Å². The first-order valence-electron chi connectivity index (χ1n) is 9.40. The van der Waals surface area contributed by atoms with Crippen molar-refractivity contribution in [2.75, 3.05) is 19.8 Å². The van der Waals surface area contributed by atoms with Crippen molar-refractivity contribution in [3.8, 4) is 0 Å². The largest absolute Gasteiger partial charge is 0.480 e. The second kappa shape index (κ2) is 13.8. The predicted molar refractivity (Wildman–Crippen MR) is 103 cm³/mol. The topological polar surface area (TPSA) is 217 Å². The zero-order chi connectivity index (χ0) is 22.6. The maximum absolute atomic E-state index is 12.6. The highest BCUT2D eigenvalue weighted by molar-refractivity contribution is 5.94. The number of hydrogen-bond acceptors (Lipinski definition) is 8. The Hall–Kier alpha value is -2.28. The van der Waals surface area contributed by atoms with Gasteiger partial charge in [-0.2, -0.15) is 0 Å². The predicted octanol–water partition coefficient (Wildman–Crippen LogP) is -3.38. The van der Waals surface area contributed by atoms with Crippen LogP contribution in [0.5, 0.6) is 0 Å². The Bertz CT molecular complexity index is 558. The van der Waals surface area contributed by atoms with Crippen LogP contribution in [-0.2, 0) is 19.2 Å². The van der Waals surface area contributed by atoms with Crippen molar-refractivity contribution in [1.82, 2.24) is 16.0 Å². The summed E-state index contributed by atoms with van der Waals surface area (Å²) in [6.07, 6.45) is 1.36. The van der Waals surface area contributed by atoms with Crippen molar-refractivity contribution in [3.63, 3.8) is 0 Å². The average Bonchev–Trinajstić information content (AvgIpc) is 2.67. The van der Waals surface area contributed by atoms with Crippen LogP contribution in [-0.4, -0.2) is 82.9 Å². The minimum Gasteiger partial charge on any atom is -0.480 e. The quantitative estimate of drug-likeness (QED) is 0.131. The molecular formula is C17H33N5O7. The van der Waals surface area contributed by atoms with E-state index in [2.05, 4.69) is 10.6 Å². The summed E-state index contributed by atoms with van der Waals surface area (Å²) in [7, 11) is 0. The van der Waals surface area contributed by atoms with Crippen molar-refractivity contribution in [2.24, 2.45) is 17.4 Å². The van der Waals surface area contributed by atoms with Crippen LogP contribution in [0.3, 0.4) is 0 Å². The second-order valence-corrected chi connectivity index (χ2v) is 6.94. The molecule has 12 nitrogen and oxygen atoms in total. The van der Waals surface area contributed by atoms with Gasteiger partial charge in [-0.15, -0.1) is 0 Å². The summed E-state index contributed by atoms with van der Waals surface area (Å²) >= 11 is 0. The number of nitrogens with two attached hydrogens (primary N) is 2. The number of carbonyl (C=O) groups is 4. The number of aliphatic hydroxyl groups is 2. The fraction of sp³-hybridized carbons (Fsp3) is 0.765. The van der Waals surface area contributed by atoms with Gasteiger partial charge in [0.2, 0.25) is 17.7 Å². The summed E-state index contributed by atoms with van der Waals surface area (Å²) < 4.78 is 0. The minimum absolute atomic E-state index is 0.162. The molecule has 12 heteroatoms. The van der Waals surface area contributed by atoms with Gasteiger partial charge in [-0.25, -0.2) is 4.79 Å². The van der Waals surface area contributed by atoms with E-state index in [1.807, 2.05) is 5.32 Å². The molecule has 0 aliphatic heterocycles. The molecule has 0 fully saturated rings. The zero-order valence-corrected chi connectivity index (χ0v) is 16.8. The van der Waals surface area contributed by atoms with Gasteiger partial charge in [0.1, 0.15) is 18.1 Å². The van der Waals surface area contributed by atoms with Crippen molar-refractivity contribution in [2.45, 2.75) is 57.3 Å². The lowest BCUT2D eigenvalue weighted by Crippen LogP contribution is -2.58. The van der Waals surface area contributed by atoms with E-state index < -0.39 is 61.1 Å². The Kier molecular flexibility index (Phi) is 12.7. The molecule has 0 saturated carbocycles. The number of aliphatic hydroxyl groups excluding tert-OH is 2. The highest BCUT2D eigenvalue weighted by Gasteiger charge is 2.30. The zero-order valence-electron chi connectivity index (χ0n) is 16.8. The molecule has 0 spiro atoms. The number of rotatable bonds is 14. The number of carboxylic acid groups (broad SMARTS) is 1. The van der Waals surface area contributed by atoms with E-state index in [4.69, 9.17) is 21.7 Å². The van der Waals surface area contributed by atoms with Crippen LogP contribution in [0.15, 0.2) is 0 Å². The van der Waals surface area contributed by atoms with Gasteiger partial charge in [0.15, 0.2) is 0 Å². The van der Waals surface area contributed by atoms with Crippen molar-refractivity contribution < 1.29 is 34.5 Å². The SMILES string of the molecule is CC(C)C(N)C(=O)NC(CCCCN)C(=O)NC(CO)C(=O)NC(CO)C(=O)O. The Morgan fingerprint density at radius 1 is 0.828 bits per heavy atom. The highest BCUT2D eigenvalue weighted by atomic mass is 16.4. The van der Waals surface area contributed by atoms with Crippen molar-refractivity contribution >= 4 is 23.7 Å². The van der Waals surface area contributed by atoms with E-state index in [9.17, 15) is 24.3 Å². The number of amides is 3. The lowest BCUT2D eigenvalue weighted by Gasteiger charge is -2.24. The summed E-state index contributed by atoms with van der Waals surface area (Å²) in [6.45, 7) is 2.22. The maximum Gasteiger partial charge on any atom is 0.328 e. The summed E-state index contributed by atoms with van der Waals surface area (Å²) in [6, 6.07) is -4.91. The first-order chi connectivity index (χ1) is 13.6. The molecular weight excluding hydrogens is 386 g/mol. The molecule has 0 bridgehead atoms. The standard InChI is InChI=1S/C17H33N5O7/c1-9(2)13(19)16(27)20-10(5-3-4-6-18)14(25)21-11(7-23)15(26)22-12(8-24)17(28)29/h9-13,23-24H,3-8,18-19H2,1-2H3,(H,20,27)(H,21,25)(H,22,26)(H,28,29). The summed E-state index contributed by atoms with van der Waals surface area (Å²) in [4.78, 5) is 47.8. The van der Waals surface area contributed by atoms with Crippen LogP contribution in [0.4, 0.5) is 0 Å². The smallest absolute Gasteiger partial charge is 0.328 e. The number of aliphatic carboxylic acids is 1. The Balaban J connectivity index is 5.15. The van der Waals surface area contributed by atoms with E-state index in [-0.39, 0.29) is 12.3 Å². The fourth-order valence-electron chi connectivity index (χ4n) is 2.26. The second-order valence-electron chi connectivity index (χ2n) is 6.94. The number of hydrogen-bond donors (Lipinski definition) is 8. The minimum atomic E-state index is -1.59. The molecule has 4 atom stereocenters. The van der Waals surface area contributed by atoms with Gasteiger partial charge in [-0.1, -0.05) is 13.8 Å². The molecule has 0 rings (SSSR count). The lowest BCUT2D eigenvalue weighted by atomic mass is 10.0. The molecule has 29 heavy (non-hydrogen) atoms. The van der Waals surface area contributed by atoms with Crippen LogP contribution >= 0.6 is 0 Å². The summed E-state index contributed by atoms with van der Waals surface area (Å²) in [5.74, 6) is -3.91. The van der Waals surface area contributed by atoms with E-state index in [0.29, 0.717) is 19.4 Å². The van der Waals surface area contributed by atoms with Crippen molar-refractivity contribution in [3.05, 3.63) is 0 Å². The van der Waals surface area contributed by atoms with Gasteiger partial charge < -0.3 is 42.7 Å². The summed E-state index contributed by atoms with van der Waals surface area (Å²) in [5, 5.41) is 34.0. The molecule has 0 aromatic carbocycles.